The lowest BCUT2D eigenvalue weighted by atomic mass is 10.1. The van der Waals surface area contributed by atoms with Crippen molar-refractivity contribution in [2.24, 2.45) is 0 Å². The van der Waals surface area contributed by atoms with Crippen molar-refractivity contribution in [1.82, 2.24) is 9.55 Å². The van der Waals surface area contributed by atoms with Crippen LogP contribution < -0.4 is 5.56 Å². The maximum atomic E-state index is 12.8. The molecule has 0 atom stereocenters. The third-order valence-electron chi connectivity index (χ3n) is 4.58. The lowest BCUT2D eigenvalue weighted by molar-refractivity contribution is 0.0472. The number of esters is 1. The first-order chi connectivity index (χ1) is 14.1. The zero-order valence-electron chi connectivity index (χ0n) is 16.3. The van der Waals surface area contributed by atoms with Gasteiger partial charge in [-0.3, -0.25) is 4.79 Å². The molecule has 3 aromatic rings. The summed E-state index contributed by atoms with van der Waals surface area (Å²) >= 11 is 3.32. The average molecular weight is 455 g/mol. The molecule has 0 aliphatic carbocycles. The molecule has 5 nitrogen and oxygen atoms in total. The van der Waals surface area contributed by atoms with E-state index >= 15 is 0 Å². The maximum absolute atomic E-state index is 12.8. The van der Waals surface area contributed by atoms with Gasteiger partial charge in [-0.2, -0.15) is 0 Å². The number of carbonyl (C=O) groups is 1. The standard InChI is InChI=1S/C23H23BrN2O3/c1-2-3-9-20-12-19(23(28)29-16-17-7-5-4-6-8-17)13-22(27)26(20)15-18-10-11-21(24)25-14-18/h4-8,10-14H,2-3,9,15-16H2,1H3. The molecule has 0 spiro atoms. The summed E-state index contributed by atoms with van der Waals surface area (Å²) in [7, 11) is 0. The van der Waals surface area contributed by atoms with Gasteiger partial charge in [0.1, 0.15) is 11.2 Å². The number of aryl methyl sites for hydroxylation is 1. The maximum Gasteiger partial charge on any atom is 0.338 e. The fourth-order valence-electron chi connectivity index (χ4n) is 3.00. The van der Waals surface area contributed by atoms with Crippen LogP contribution in [0.5, 0.6) is 0 Å². The molecule has 0 aliphatic heterocycles. The SMILES string of the molecule is CCCCc1cc(C(=O)OCc2ccccc2)cc(=O)n1Cc1ccc(Br)nc1. The van der Waals surface area contributed by atoms with Crippen molar-refractivity contribution < 1.29 is 9.53 Å². The third-order valence-corrected chi connectivity index (χ3v) is 5.05. The molecule has 0 amide bonds. The molecule has 0 N–H and O–H groups in total. The second-order valence-corrected chi connectivity index (χ2v) is 7.63. The third kappa shape index (κ3) is 5.87. The number of aromatic nitrogens is 2. The lowest BCUT2D eigenvalue weighted by Gasteiger charge is -2.14. The number of ether oxygens (including phenoxy) is 1. The summed E-state index contributed by atoms with van der Waals surface area (Å²) in [5.74, 6) is -0.485. The van der Waals surface area contributed by atoms with Crippen molar-refractivity contribution in [2.75, 3.05) is 0 Å². The number of nitrogens with zero attached hydrogens (tertiary/aromatic N) is 2. The van der Waals surface area contributed by atoms with E-state index in [0.717, 1.165) is 40.7 Å². The molecule has 2 aromatic heterocycles. The van der Waals surface area contributed by atoms with Crippen LogP contribution in [0, 0.1) is 0 Å². The van der Waals surface area contributed by atoms with E-state index < -0.39 is 5.97 Å². The van der Waals surface area contributed by atoms with Gasteiger partial charge in [-0.05, 0) is 52.0 Å². The highest BCUT2D eigenvalue weighted by Gasteiger charge is 2.14. The number of hydrogen-bond donors (Lipinski definition) is 0. The first-order valence-corrected chi connectivity index (χ1v) is 10.4. The Balaban J connectivity index is 1.83. The number of rotatable bonds is 8. The Bertz CT molecular complexity index is 1010. The van der Waals surface area contributed by atoms with E-state index in [1.807, 2.05) is 42.5 Å². The predicted molar refractivity (Wildman–Crippen MR) is 116 cm³/mol. The van der Waals surface area contributed by atoms with Gasteiger partial charge in [0.05, 0.1) is 12.1 Å². The van der Waals surface area contributed by atoms with Gasteiger partial charge in [0.2, 0.25) is 0 Å². The second kappa shape index (κ2) is 10.2. The van der Waals surface area contributed by atoms with Crippen molar-refractivity contribution in [3.05, 3.63) is 98.1 Å². The minimum Gasteiger partial charge on any atom is -0.457 e. The lowest BCUT2D eigenvalue weighted by Crippen LogP contribution is -2.25. The van der Waals surface area contributed by atoms with E-state index in [-0.39, 0.29) is 12.2 Å². The molecule has 0 saturated heterocycles. The molecule has 0 unspecified atom stereocenters. The summed E-state index contributed by atoms with van der Waals surface area (Å²) in [6.07, 6.45) is 4.38. The average Bonchev–Trinajstić information content (AvgIpc) is 2.74. The van der Waals surface area contributed by atoms with E-state index in [2.05, 4.69) is 27.8 Å². The van der Waals surface area contributed by atoms with Crippen LogP contribution in [0.25, 0.3) is 0 Å². The number of hydrogen-bond acceptors (Lipinski definition) is 4. The highest BCUT2D eigenvalue weighted by molar-refractivity contribution is 9.10. The zero-order valence-corrected chi connectivity index (χ0v) is 17.9. The first kappa shape index (κ1) is 21.0. The quantitative estimate of drug-likeness (QED) is 0.363. The molecular formula is C23H23BrN2O3. The highest BCUT2D eigenvalue weighted by atomic mass is 79.9. The Morgan fingerprint density at radius 3 is 2.59 bits per heavy atom. The van der Waals surface area contributed by atoms with E-state index in [9.17, 15) is 9.59 Å². The van der Waals surface area contributed by atoms with Gasteiger partial charge < -0.3 is 9.30 Å². The second-order valence-electron chi connectivity index (χ2n) is 6.81. The zero-order chi connectivity index (χ0) is 20.6. The number of pyridine rings is 2. The molecule has 0 fully saturated rings. The van der Waals surface area contributed by atoms with Crippen LogP contribution in [0.1, 0.15) is 46.9 Å². The molecule has 2 heterocycles. The van der Waals surface area contributed by atoms with Crippen LogP contribution in [-0.4, -0.2) is 15.5 Å². The van der Waals surface area contributed by atoms with E-state index in [1.165, 1.54) is 6.07 Å². The Hall–Kier alpha value is -2.73. The molecular weight excluding hydrogens is 432 g/mol. The molecule has 1 aromatic carbocycles. The van der Waals surface area contributed by atoms with Crippen LogP contribution in [0.2, 0.25) is 0 Å². The summed E-state index contributed by atoms with van der Waals surface area (Å²) in [6.45, 7) is 2.69. The first-order valence-electron chi connectivity index (χ1n) is 9.62. The summed E-state index contributed by atoms with van der Waals surface area (Å²) in [5.41, 5.74) is 2.74. The summed E-state index contributed by atoms with van der Waals surface area (Å²) in [5, 5.41) is 0. The number of halogens is 1. The Morgan fingerprint density at radius 2 is 1.90 bits per heavy atom. The smallest absolute Gasteiger partial charge is 0.338 e. The highest BCUT2D eigenvalue weighted by Crippen LogP contribution is 2.13. The van der Waals surface area contributed by atoms with Gasteiger partial charge in [0.15, 0.2) is 0 Å². The molecule has 0 saturated carbocycles. The van der Waals surface area contributed by atoms with E-state index in [1.54, 1.807) is 16.8 Å². The molecule has 0 radical (unpaired) electrons. The molecule has 0 aliphatic rings. The van der Waals surface area contributed by atoms with Crippen LogP contribution in [0.4, 0.5) is 0 Å². The largest absolute Gasteiger partial charge is 0.457 e. The van der Waals surface area contributed by atoms with Crippen LogP contribution in [0.3, 0.4) is 0 Å². The Labute approximate surface area is 178 Å². The minimum absolute atomic E-state index is 0.178. The van der Waals surface area contributed by atoms with Crippen molar-refractivity contribution >= 4 is 21.9 Å². The van der Waals surface area contributed by atoms with Gasteiger partial charge in [-0.1, -0.05) is 49.7 Å². The molecule has 150 valence electrons. The van der Waals surface area contributed by atoms with Gasteiger partial charge in [0.25, 0.3) is 5.56 Å². The van der Waals surface area contributed by atoms with E-state index in [4.69, 9.17) is 4.74 Å². The topological polar surface area (TPSA) is 61.2 Å². The van der Waals surface area contributed by atoms with Gasteiger partial charge >= 0.3 is 5.97 Å². The van der Waals surface area contributed by atoms with Gasteiger partial charge in [0, 0.05) is 18.0 Å². The normalized spacial score (nSPS) is 10.7. The molecule has 3 rings (SSSR count). The molecule has 6 heteroatoms. The van der Waals surface area contributed by atoms with Gasteiger partial charge in [-0.25, -0.2) is 9.78 Å². The van der Waals surface area contributed by atoms with Crippen molar-refractivity contribution in [1.29, 1.82) is 0 Å². The summed E-state index contributed by atoms with van der Waals surface area (Å²) in [4.78, 5) is 29.5. The fraction of sp³-hybridized carbons (Fsp3) is 0.261. The Morgan fingerprint density at radius 1 is 1.10 bits per heavy atom. The number of carbonyl (C=O) groups excluding carboxylic acids is 1. The number of benzene rings is 1. The fourth-order valence-corrected chi connectivity index (χ4v) is 3.24. The van der Waals surface area contributed by atoms with Crippen molar-refractivity contribution in [3.63, 3.8) is 0 Å². The minimum atomic E-state index is -0.485. The van der Waals surface area contributed by atoms with Crippen molar-refractivity contribution in [2.45, 2.75) is 39.3 Å². The van der Waals surface area contributed by atoms with E-state index in [0.29, 0.717) is 12.1 Å². The predicted octanol–water partition coefficient (Wildman–Crippen LogP) is 4.75. The van der Waals surface area contributed by atoms with Crippen molar-refractivity contribution in [3.8, 4) is 0 Å². The molecule has 0 bridgehead atoms. The monoisotopic (exact) mass is 454 g/mol. The molecule has 29 heavy (non-hydrogen) atoms. The summed E-state index contributed by atoms with van der Waals surface area (Å²) < 4.78 is 7.85. The van der Waals surface area contributed by atoms with Crippen LogP contribution >= 0.6 is 15.9 Å². The van der Waals surface area contributed by atoms with Crippen LogP contribution in [-0.2, 0) is 24.3 Å². The van der Waals surface area contributed by atoms with Crippen LogP contribution in [0.15, 0.2) is 70.2 Å². The Kier molecular flexibility index (Phi) is 7.36. The summed E-state index contributed by atoms with van der Waals surface area (Å²) in [6, 6.07) is 16.4. The van der Waals surface area contributed by atoms with Gasteiger partial charge in [-0.15, -0.1) is 0 Å². The number of unbranched alkanes of at least 4 members (excludes halogenated alkanes) is 1.